The highest BCUT2D eigenvalue weighted by molar-refractivity contribution is 5.51. The van der Waals surface area contributed by atoms with Crippen molar-refractivity contribution in [3.63, 3.8) is 0 Å². The molecule has 0 bridgehead atoms. The van der Waals surface area contributed by atoms with Gasteiger partial charge in [0.05, 0.1) is 13.2 Å². The summed E-state index contributed by atoms with van der Waals surface area (Å²) in [5, 5.41) is 11.4. The predicted molar refractivity (Wildman–Crippen MR) is 80.8 cm³/mol. The summed E-state index contributed by atoms with van der Waals surface area (Å²) in [5.74, 6) is 1.16. The van der Waals surface area contributed by atoms with E-state index in [1.165, 1.54) is 0 Å². The second-order valence-corrected chi connectivity index (χ2v) is 4.84. The van der Waals surface area contributed by atoms with Crippen LogP contribution < -0.4 is 5.32 Å². The summed E-state index contributed by atoms with van der Waals surface area (Å²) in [6.07, 6.45) is 0. The fraction of sp³-hybridized carbons (Fsp3) is 0.467. The van der Waals surface area contributed by atoms with Crippen molar-refractivity contribution in [2.24, 2.45) is 0 Å². The van der Waals surface area contributed by atoms with E-state index in [0.717, 1.165) is 31.8 Å². The molecule has 0 fully saturated rings. The third-order valence-electron chi connectivity index (χ3n) is 3.11. The first-order chi connectivity index (χ1) is 10.3. The van der Waals surface area contributed by atoms with Crippen LogP contribution in [0.25, 0.3) is 11.5 Å². The van der Waals surface area contributed by atoms with Gasteiger partial charge in [-0.25, -0.2) is 0 Å². The van der Waals surface area contributed by atoms with E-state index in [-0.39, 0.29) is 0 Å². The van der Waals surface area contributed by atoms with Crippen LogP contribution in [0.1, 0.15) is 5.89 Å². The van der Waals surface area contributed by atoms with Crippen LogP contribution in [0.2, 0.25) is 0 Å². The Morgan fingerprint density at radius 3 is 2.76 bits per heavy atom. The molecule has 0 aliphatic rings. The molecule has 0 spiro atoms. The maximum Gasteiger partial charge on any atom is 0.247 e. The number of hydrogen-bond donors (Lipinski definition) is 1. The Hall–Kier alpha value is -1.76. The lowest BCUT2D eigenvalue weighted by molar-refractivity contribution is 0.161. The maximum absolute atomic E-state index is 5.62. The molecular weight excluding hydrogens is 268 g/mol. The largest absolute Gasteiger partial charge is 0.419 e. The fourth-order valence-corrected chi connectivity index (χ4v) is 1.85. The standard InChI is InChI=1S/C15H22N4O2/c1-19(10-11-20-2)9-8-16-12-14-17-18-15(21-14)13-6-4-3-5-7-13/h3-7,16H,8-12H2,1-2H3. The van der Waals surface area contributed by atoms with Gasteiger partial charge in [-0.3, -0.25) is 0 Å². The highest BCUT2D eigenvalue weighted by atomic mass is 16.5. The summed E-state index contributed by atoms with van der Waals surface area (Å²) >= 11 is 0. The zero-order valence-electron chi connectivity index (χ0n) is 12.6. The van der Waals surface area contributed by atoms with E-state index in [0.29, 0.717) is 18.3 Å². The van der Waals surface area contributed by atoms with Gasteiger partial charge in [-0.05, 0) is 19.2 Å². The van der Waals surface area contributed by atoms with Gasteiger partial charge in [0.2, 0.25) is 11.8 Å². The average molecular weight is 290 g/mol. The van der Waals surface area contributed by atoms with Gasteiger partial charge in [-0.2, -0.15) is 0 Å². The number of nitrogens with zero attached hydrogens (tertiary/aromatic N) is 3. The maximum atomic E-state index is 5.62. The minimum atomic E-state index is 0.560. The lowest BCUT2D eigenvalue weighted by Crippen LogP contribution is -2.31. The average Bonchev–Trinajstić information content (AvgIpc) is 2.99. The summed E-state index contributed by atoms with van der Waals surface area (Å²) in [6, 6.07) is 9.77. The molecule has 1 aromatic heterocycles. The molecule has 0 saturated heterocycles. The fourth-order valence-electron chi connectivity index (χ4n) is 1.85. The predicted octanol–water partition coefficient (Wildman–Crippen LogP) is 1.40. The zero-order valence-corrected chi connectivity index (χ0v) is 12.6. The van der Waals surface area contributed by atoms with Crippen molar-refractivity contribution >= 4 is 0 Å². The van der Waals surface area contributed by atoms with Gasteiger partial charge in [0, 0.05) is 32.3 Å². The molecule has 114 valence electrons. The van der Waals surface area contributed by atoms with E-state index in [4.69, 9.17) is 9.15 Å². The summed E-state index contributed by atoms with van der Waals surface area (Å²) < 4.78 is 10.7. The van der Waals surface area contributed by atoms with Gasteiger partial charge in [0.25, 0.3) is 0 Å². The molecule has 6 heteroatoms. The third kappa shape index (κ3) is 5.26. The molecule has 1 N–H and O–H groups in total. The number of rotatable bonds is 9. The summed E-state index contributed by atoms with van der Waals surface area (Å²) in [7, 11) is 3.78. The van der Waals surface area contributed by atoms with Gasteiger partial charge in [-0.15, -0.1) is 10.2 Å². The molecule has 0 aliphatic heterocycles. The SMILES string of the molecule is COCCN(C)CCNCc1nnc(-c2ccccc2)o1. The molecule has 0 saturated carbocycles. The van der Waals surface area contributed by atoms with Crippen LogP contribution in [-0.4, -0.2) is 55.5 Å². The quantitative estimate of drug-likeness (QED) is 0.704. The monoisotopic (exact) mass is 290 g/mol. The highest BCUT2D eigenvalue weighted by Crippen LogP contribution is 2.16. The summed E-state index contributed by atoms with van der Waals surface area (Å²) in [5.41, 5.74) is 0.940. The first-order valence-electron chi connectivity index (χ1n) is 7.05. The Balaban J connectivity index is 1.71. The van der Waals surface area contributed by atoms with Crippen LogP contribution in [0.4, 0.5) is 0 Å². The van der Waals surface area contributed by atoms with Gasteiger partial charge in [0.15, 0.2) is 0 Å². The van der Waals surface area contributed by atoms with Crippen molar-refractivity contribution < 1.29 is 9.15 Å². The number of aromatic nitrogens is 2. The van der Waals surface area contributed by atoms with Crippen LogP contribution in [0.3, 0.4) is 0 Å². The van der Waals surface area contributed by atoms with E-state index in [2.05, 4.69) is 27.5 Å². The van der Waals surface area contributed by atoms with Crippen LogP contribution >= 0.6 is 0 Å². The number of hydrogen-bond acceptors (Lipinski definition) is 6. The molecular formula is C15H22N4O2. The van der Waals surface area contributed by atoms with Crippen molar-refractivity contribution in [2.45, 2.75) is 6.54 Å². The smallest absolute Gasteiger partial charge is 0.247 e. The second-order valence-electron chi connectivity index (χ2n) is 4.84. The first kappa shape index (κ1) is 15.6. The number of benzene rings is 1. The molecule has 0 aliphatic carbocycles. The highest BCUT2D eigenvalue weighted by Gasteiger charge is 2.07. The van der Waals surface area contributed by atoms with E-state index >= 15 is 0 Å². The first-order valence-corrected chi connectivity index (χ1v) is 7.05. The number of nitrogens with one attached hydrogen (secondary N) is 1. The Bertz CT molecular complexity index is 515. The Kier molecular flexibility index (Phi) is 6.33. The van der Waals surface area contributed by atoms with Crippen molar-refractivity contribution in [3.8, 4) is 11.5 Å². The molecule has 0 radical (unpaired) electrons. The Labute approximate surface area is 125 Å². The molecule has 6 nitrogen and oxygen atoms in total. The second kappa shape index (κ2) is 8.51. The molecule has 0 amide bonds. The van der Waals surface area contributed by atoms with Gasteiger partial charge in [0.1, 0.15) is 0 Å². The van der Waals surface area contributed by atoms with Crippen LogP contribution in [0, 0.1) is 0 Å². The van der Waals surface area contributed by atoms with Crippen molar-refractivity contribution in [2.75, 3.05) is 40.4 Å². The zero-order chi connectivity index (χ0) is 14.9. The van der Waals surface area contributed by atoms with Crippen LogP contribution in [0.5, 0.6) is 0 Å². The van der Waals surface area contributed by atoms with E-state index < -0.39 is 0 Å². The minimum absolute atomic E-state index is 0.560. The lowest BCUT2D eigenvalue weighted by atomic mass is 10.2. The van der Waals surface area contributed by atoms with E-state index in [1.807, 2.05) is 30.3 Å². The van der Waals surface area contributed by atoms with Crippen molar-refractivity contribution in [1.29, 1.82) is 0 Å². The minimum Gasteiger partial charge on any atom is -0.419 e. The molecule has 2 rings (SSSR count). The van der Waals surface area contributed by atoms with Gasteiger partial charge >= 0.3 is 0 Å². The van der Waals surface area contributed by atoms with Gasteiger partial charge in [-0.1, -0.05) is 18.2 Å². The third-order valence-corrected chi connectivity index (χ3v) is 3.11. The molecule has 1 aromatic carbocycles. The van der Waals surface area contributed by atoms with Crippen LogP contribution in [-0.2, 0) is 11.3 Å². The molecule has 2 aromatic rings. The molecule has 21 heavy (non-hydrogen) atoms. The topological polar surface area (TPSA) is 63.4 Å². The van der Waals surface area contributed by atoms with E-state index in [9.17, 15) is 0 Å². The normalized spacial score (nSPS) is 11.2. The molecule has 0 unspecified atom stereocenters. The summed E-state index contributed by atoms with van der Waals surface area (Å²) in [6.45, 7) is 4.07. The Morgan fingerprint density at radius 2 is 2.00 bits per heavy atom. The lowest BCUT2D eigenvalue weighted by Gasteiger charge is -2.15. The Morgan fingerprint density at radius 1 is 1.19 bits per heavy atom. The van der Waals surface area contributed by atoms with Gasteiger partial charge < -0.3 is 19.4 Å². The van der Waals surface area contributed by atoms with Crippen molar-refractivity contribution in [3.05, 3.63) is 36.2 Å². The van der Waals surface area contributed by atoms with Crippen molar-refractivity contribution in [1.82, 2.24) is 20.4 Å². The van der Waals surface area contributed by atoms with E-state index in [1.54, 1.807) is 7.11 Å². The number of methoxy groups -OCH3 is 1. The molecule has 0 atom stereocenters. The molecule has 1 heterocycles. The summed E-state index contributed by atoms with van der Waals surface area (Å²) in [4.78, 5) is 2.21. The van der Waals surface area contributed by atoms with Crippen LogP contribution in [0.15, 0.2) is 34.7 Å². The number of ether oxygens (including phenoxy) is 1. The number of likely N-dealkylation sites (N-methyl/N-ethyl adjacent to an activating group) is 1.